The summed E-state index contributed by atoms with van der Waals surface area (Å²) in [5.74, 6) is -1.23. The van der Waals surface area contributed by atoms with E-state index in [1.54, 1.807) is 17.2 Å². The molecule has 3 rings (SSSR count). The molecule has 23 heavy (non-hydrogen) atoms. The zero-order valence-electron chi connectivity index (χ0n) is 12.6. The fraction of sp³-hybridized carbons (Fsp3) is 0.353. The van der Waals surface area contributed by atoms with Gasteiger partial charge in [-0.3, -0.25) is 0 Å². The maximum Gasteiger partial charge on any atom is 0.322 e. The second-order valence-electron chi connectivity index (χ2n) is 5.70. The predicted molar refractivity (Wildman–Crippen MR) is 81.9 cm³/mol. The topological polar surface area (TPSA) is 45.5 Å². The van der Waals surface area contributed by atoms with Crippen molar-refractivity contribution in [3.63, 3.8) is 0 Å². The highest BCUT2D eigenvalue weighted by Crippen LogP contribution is 2.26. The zero-order chi connectivity index (χ0) is 16.2. The molecule has 0 unspecified atom stereocenters. The van der Waals surface area contributed by atoms with Gasteiger partial charge in [-0.1, -0.05) is 12.8 Å². The highest BCUT2D eigenvalue weighted by molar-refractivity contribution is 5.89. The van der Waals surface area contributed by atoms with Gasteiger partial charge in [0.05, 0.1) is 12.8 Å². The largest absolute Gasteiger partial charge is 0.467 e. The fourth-order valence-electron chi connectivity index (χ4n) is 2.92. The maximum absolute atomic E-state index is 13.3. The van der Waals surface area contributed by atoms with Crippen LogP contribution in [0, 0.1) is 11.6 Å². The Bertz CT molecular complexity index is 667. The molecule has 1 aromatic carbocycles. The normalized spacial score (nSPS) is 14.9. The molecule has 6 heteroatoms. The number of amides is 2. The average Bonchev–Trinajstić information content (AvgIpc) is 3.21. The SMILES string of the molecule is O=C(Nc1ccc(F)c(F)c1)N(Cc1ccco1)C1CCCC1. The lowest BCUT2D eigenvalue weighted by Crippen LogP contribution is -2.41. The average molecular weight is 320 g/mol. The molecule has 4 nitrogen and oxygen atoms in total. The number of halogens is 2. The Kier molecular flexibility index (Phi) is 4.60. The molecule has 0 spiro atoms. The second-order valence-corrected chi connectivity index (χ2v) is 5.70. The van der Waals surface area contributed by atoms with E-state index in [2.05, 4.69) is 5.32 Å². The van der Waals surface area contributed by atoms with Crippen LogP contribution in [0.1, 0.15) is 31.4 Å². The third-order valence-corrected chi connectivity index (χ3v) is 4.10. The van der Waals surface area contributed by atoms with Gasteiger partial charge in [-0.25, -0.2) is 13.6 Å². The van der Waals surface area contributed by atoms with Gasteiger partial charge < -0.3 is 14.6 Å². The van der Waals surface area contributed by atoms with Crippen molar-refractivity contribution in [3.8, 4) is 0 Å². The Morgan fingerprint density at radius 3 is 2.65 bits per heavy atom. The maximum atomic E-state index is 13.3. The van der Waals surface area contributed by atoms with Crippen molar-refractivity contribution in [2.45, 2.75) is 38.3 Å². The van der Waals surface area contributed by atoms with Crippen LogP contribution >= 0.6 is 0 Å². The molecule has 0 bridgehead atoms. The fourth-order valence-corrected chi connectivity index (χ4v) is 2.92. The smallest absolute Gasteiger partial charge is 0.322 e. The van der Waals surface area contributed by atoms with Crippen LogP contribution in [0.15, 0.2) is 41.0 Å². The predicted octanol–water partition coefficient (Wildman–Crippen LogP) is 4.53. The molecular formula is C17H18F2N2O2. The number of carbonyl (C=O) groups is 1. The first kappa shape index (κ1) is 15.5. The van der Waals surface area contributed by atoms with Crippen LogP contribution in [0.25, 0.3) is 0 Å². The molecule has 122 valence electrons. The highest BCUT2D eigenvalue weighted by Gasteiger charge is 2.27. The molecule has 1 saturated carbocycles. The molecular weight excluding hydrogens is 302 g/mol. The molecule has 1 fully saturated rings. The molecule has 0 atom stereocenters. The van der Waals surface area contributed by atoms with Gasteiger partial charge in [0.25, 0.3) is 0 Å². The van der Waals surface area contributed by atoms with E-state index in [4.69, 9.17) is 4.42 Å². The van der Waals surface area contributed by atoms with Gasteiger partial charge in [0.2, 0.25) is 0 Å². The van der Waals surface area contributed by atoms with Crippen molar-refractivity contribution in [1.29, 1.82) is 0 Å². The number of rotatable bonds is 4. The van der Waals surface area contributed by atoms with Crippen LogP contribution in [0.4, 0.5) is 19.3 Å². The van der Waals surface area contributed by atoms with E-state index in [1.165, 1.54) is 6.07 Å². The van der Waals surface area contributed by atoms with Crippen LogP contribution in [0.2, 0.25) is 0 Å². The summed E-state index contributed by atoms with van der Waals surface area (Å²) in [6.45, 7) is 0.354. The molecule has 0 saturated heterocycles. The third kappa shape index (κ3) is 3.70. The Hall–Kier alpha value is -2.37. The number of furan rings is 1. The van der Waals surface area contributed by atoms with Crippen LogP contribution < -0.4 is 5.32 Å². The Balaban J connectivity index is 1.74. The standard InChI is InChI=1S/C17H18F2N2O2/c18-15-8-7-12(10-16(15)19)20-17(22)21(13-4-1-2-5-13)11-14-6-3-9-23-14/h3,6-10,13H,1-2,4-5,11H2,(H,20,22). The van der Waals surface area contributed by atoms with E-state index < -0.39 is 11.6 Å². The first-order valence-corrected chi connectivity index (χ1v) is 7.68. The first-order chi connectivity index (χ1) is 11.1. The second kappa shape index (κ2) is 6.81. The summed E-state index contributed by atoms with van der Waals surface area (Å²) in [7, 11) is 0. The van der Waals surface area contributed by atoms with Gasteiger partial charge in [0.1, 0.15) is 5.76 Å². The molecule has 1 N–H and O–H groups in total. The molecule has 0 radical (unpaired) electrons. The summed E-state index contributed by atoms with van der Waals surface area (Å²) in [5.41, 5.74) is 0.233. The first-order valence-electron chi connectivity index (χ1n) is 7.68. The highest BCUT2D eigenvalue weighted by atomic mass is 19.2. The Labute approximate surface area is 133 Å². The van der Waals surface area contributed by atoms with Crippen LogP contribution in [-0.4, -0.2) is 17.0 Å². The van der Waals surface area contributed by atoms with Crippen molar-refractivity contribution < 1.29 is 18.0 Å². The number of benzene rings is 1. The summed E-state index contributed by atoms with van der Waals surface area (Å²) in [6, 6.07) is 6.70. The van der Waals surface area contributed by atoms with Crippen molar-refractivity contribution in [2.75, 3.05) is 5.32 Å². The van der Waals surface area contributed by atoms with E-state index in [0.29, 0.717) is 12.3 Å². The van der Waals surface area contributed by atoms with Crippen LogP contribution in [0.3, 0.4) is 0 Å². The summed E-state index contributed by atoms with van der Waals surface area (Å²) in [5, 5.41) is 2.64. The Morgan fingerprint density at radius 2 is 2.00 bits per heavy atom. The lowest BCUT2D eigenvalue weighted by molar-refractivity contribution is 0.178. The molecule has 1 aromatic heterocycles. The summed E-state index contributed by atoms with van der Waals surface area (Å²) in [4.78, 5) is 14.3. The van der Waals surface area contributed by atoms with Crippen molar-refractivity contribution in [1.82, 2.24) is 4.90 Å². The minimum atomic E-state index is -0.985. The summed E-state index contributed by atoms with van der Waals surface area (Å²) in [6.07, 6.45) is 5.60. The molecule has 1 heterocycles. The van der Waals surface area contributed by atoms with E-state index in [-0.39, 0.29) is 17.8 Å². The van der Waals surface area contributed by atoms with Gasteiger partial charge in [-0.15, -0.1) is 0 Å². The Morgan fingerprint density at radius 1 is 1.22 bits per heavy atom. The van der Waals surface area contributed by atoms with E-state index in [0.717, 1.165) is 37.8 Å². The molecule has 2 aromatic rings. The third-order valence-electron chi connectivity index (χ3n) is 4.10. The van der Waals surface area contributed by atoms with Crippen molar-refractivity contribution >= 4 is 11.7 Å². The minimum absolute atomic E-state index is 0.130. The zero-order valence-corrected chi connectivity index (χ0v) is 12.6. The number of hydrogen-bond donors (Lipinski definition) is 1. The summed E-state index contributed by atoms with van der Waals surface area (Å²) < 4.78 is 31.6. The molecule has 1 aliphatic rings. The van der Waals surface area contributed by atoms with Crippen LogP contribution in [-0.2, 0) is 6.54 Å². The van der Waals surface area contributed by atoms with Crippen molar-refractivity contribution in [3.05, 3.63) is 54.0 Å². The molecule has 1 aliphatic carbocycles. The van der Waals surface area contributed by atoms with E-state index >= 15 is 0 Å². The number of carbonyl (C=O) groups excluding carboxylic acids is 1. The van der Waals surface area contributed by atoms with Crippen molar-refractivity contribution in [2.24, 2.45) is 0 Å². The van der Waals surface area contributed by atoms with E-state index in [9.17, 15) is 13.6 Å². The number of anilines is 1. The number of nitrogens with zero attached hydrogens (tertiary/aromatic N) is 1. The lowest BCUT2D eigenvalue weighted by atomic mass is 10.2. The van der Waals surface area contributed by atoms with Gasteiger partial charge in [0, 0.05) is 17.8 Å². The van der Waals surface area contributed by atoms with Gasteiger partial charge in [-0.05, 0) is 37.1 Å². The van der Waals surface area contributed by atoms with Gasteiger partial charge in [-0.2, -0.15) is 0 Å². The minimum Gasteiger partial charge on any atom is -0.467 e. The number of hydrogen-bond acceptors (Lipinski definition) is 2. The lowest BCUT2D eigenvalue weighted by Gasteiger charge is -2.28. The quantitative estimate of drug-likeness (QED) is 0.899. The van der Waals surface area contributed by atoms with Gasteiger partial charge in [0.15, 0.2) is 11.6 Å². The number of nitrogens with one attached hydrogen (secondary N) is 1. The number of urea groups is 1. The molecule has 0 aliphatic heterocycles. The molecule has 2 amide bonds. The van der Waals surface area contributed by atoms with Crippen LogP contribution in [0.5, 0.6) is 0 Å². The van der Waals surface area contributed by atoms with Gasteiger partial charge >= 0.3 is 6.03 Å². The summed E-state index contributed by atoms with van der Waals surface area (Å²) >= 11 is 0. The van der Waals surface area contributed by atoms with E-state index in [1.807, 2.05) is 6.07 Å². The monoisotopic (exact) mass is 320 g/mol.